The summed E-state index contributed by atoms with van der Waals surface area (Å²) in [5.74, 6) is 1.72. The normalized spacial score (nSPS) is 46.8. The third-order valence-electron chi connectivity index (χ3n) is 8.13. The Bertz CT molecular complexity index is 645. The van der Waals surface area contributed by atoms with E-state index in [1.807, 2.05) is 6.08 Å². The second-order valence-corrected chi connectivity index (χ2v) is 9.05. The summed E-state index contributed by atoms with van der Waals surface area (Å²) in [6.45, 7) is 4.71. The number of rotatable bonds is 2. The van der Waals surface area contributed by atoms with Crippen molar-refractivity contribution in [3.63, 3.8) is 0 Å². The van der Waals surface area contributed by atoms with Gasteiger partial charge in [-0.2, -0.15) is 0 Å². The molecule has 1 N–H and O–H groups in total. The number of hydrogen-bond acceptors (Lipinski definition) is 2. The van der Waals surface area contributed by atoms with E-state index in [2.05, 4.69) is 26.0 Å². The fourth-order valence-electron chi connectivity index (χ4n) is 6.65. The van der Waals surface area contributed by atoms with E-state index >= 15 is 0 Å². The van der Waals surface area contributed by atoms with Gasteiger partial charge in [-0.25, -0.2) is 0 Å². The molecule has 0 spiro atoms. The predicted octanol–water partition coefficient (Wildman–Crippen LogP) is 4.39. The summed E-state index contributed by atoms with van der Waals surface area (Å²) in [5.41, 5.74) is 1.55. The lowest BCUT2D eigenvalue weighted by molar-refractivity contribution is -0.139. The minimum atomic E-state index is -0.647. The predicted molar refractivity (Wildman–Crippen MR) is 92.4 cm³/mol. The molecule has 0 aromatic carbocycles. The molecule has 0 amide bonds. The van der Waals surface area contributed by atoms with Crippen molar-refractivity contribution in [1.29, 1.82) is 0 Å². The van der Waals surface area contributed by atoms with Crippen molar-refractivity contribution in [2.45, 2.75) is 58.8 Å². The van der Waals surface area contributed by atoms with Gasteiger partial charge in [0, 0.05) is 12.8 Å². The first-order chi connectivity index (χ1) is 11.3. The molecule has 0 aromatic heterocycles. The minimum absolute atomic E-state index is 0.138. The monoisotopic (exact) mass is 328 g/mol. The Balaban J connectivity index is 1.67. The highest BCUT2D eigenvalue weighted by atomic mass is 16.4. The molecule has 2 fully saturated rings. The molecular weight excluding hydrogens is 300 g/mol. The molecule has 0 radical (unpaired) electrons. The fourth-order valence-corrected chi connectivity index (χ4v) is 6.65. The van der Waals surface area contributed by atoms with E-state index in [1.165, 1.54) is 12.0 Å². The van der Waals surface area contributed by atoms with Gasteiger partial charge in [0.2, 0.25) is 0 Å². The quantitative estimate of drug-likeness (QED) is 0.818. The van der Waals surface area contributed by atoms with Crippen molar-refractivity contribution in [3.8, 4) is 0 Å². The molecule has 4 aliphatic rings. The first-order valence-electron chi connectivity index (χ1n) is 9.49. The van der Waals surface area contributed by atoms with Gasteiger partial charge in [-0.1, -0.05) is 26.0 Å². The minimum Gasteiger partial charge on any atom is -0.481 e. The lowest BCUT2D eigenvalue weighted by Gasteiger charge is -2.56. The average Bonchev–Trinajstić information content (AvgIpc) is 2.84. The van der Waals surface area contributed by atoms with E-state index in [4.69, 9.17) is 0 Å². The Morgan fingerprint density at radius 1 is 1.21 bits per heavy atom. The number of allylic oxidation sites excluding steroid dienone is 4. The average molecular weight is 328 g/mol. The van der Waals surface area contributed by atoms with E-state index in [-0.39, 0.29) is 16.6 Å². The van der Waals surface area contributed by atoms with E-state index in [0.717, 1.165) is 25.7 Å². The molecule has 0 saturated heterocycles. The fraction of sp³-hybridized carbons (Fsp3) is 0.714. The molecule has 0 bridgehead atoms. The largest absolute Gasteiger partial charge is 0.481 e. The molecule has 2 saturated carbocycles. The maximum Gasteiger partial charge on any atom is 0.303 e. The van der Waals surface area contributed by atoms with Gasteiger partial charge in [0.15, 0.2) is 5.78 Å². The SMILES string of the molecule is C[C@]12CCC(=O)C=C1C=CC1C2CC[C@@]2(C)C1CC[C@@H]2CC(=O)O. The van der Waals surface area contributed by atoms with Crippen molar-refractivity contribution in [3.05, 3.63) is 23.8 Å². The van der Waals surface area contributed by atoms with E-state index < -0.39 is 5.97 Å². The summed E-state index contributed by atoms with van der Waals surface area (Å²) in [6.07, 6.45) is 13.0. The van der Waals surface area contributed by atoms with Crippen LogP contribution in [0.3, 0.4) is 0 Å². The number of carbonyl (C=O) groups excluding carboxylic acids is 1. The van der Waals surface area contributed by atoms with Gasteiger partial charge in [-0.05, 0) is 78.3 Å². The zero-order valence-electron chi connectivity index (χ0n) is 14.8. The first-order valence-corrected chi connectivity index (χ1v) is 9.49. The van der Waals surface area contributed by atoms with E-state index in [9.17, 15) is 14.7 Å². The number of aliphatic carboxylic acids is 1. The van der Waals surface area contributed by atoms with Crippen molar-refractivity contribution >= 4 is 11.8 Å². The molecule has 24 heavy (non-hydrogen) atoms. The Labute approximate surface area is 144 Å². The molecular formula is C21H28O3. The lowest BCUT2D eigenvalue weighted by atomic mass is 9.48. The van der Waals surface area contributed by atoms with Crippen LogP contribution in [-0.4, -0.2) is 16.9 Å². The molecule has 3 unspecified atom stereocenters. The summed E-state index contributed by atoms with van der Waals surface area (Å²) in [7, 11) is 0. The number of carboxylic acid groups (broad SMARTS) is 1. The summed E-state index contributed by atoms with van der Waals surface area (Å²) >= 11 is 0. The van der Waals surface area contributed by atoms with Crippen LogP contribution in [-0.2, 0) is 9.59 Å². The van der Waals surface area contributed by atoms with Crippen molar-refractivity contribution in [1.82, 2.24) is 0 Å². The smallest absolute Gasteiger partial charge is 0.303 e. The molecule has 0 aliphatic heterocycles. The molecule has 4 rings (SSSR count). The number of hydrogen-bond donors (Lipinski definition) is 1. The van der Waals surface area contributed by atoms with Gasteiger partial charge in [-0.15, -0.1) is 0 Å². The third kappa shape index (κ3) is 2.16. The summed E-state index contributed by atoms with van der Waals surface area (Å²) in [4.78, 5) is 23.1. The maximum absolute atomic E-state index is 11.8. The van der Waals surface area contributed by atoms with Gasteiger partial charge in [0.25, 0.3) is 0 Å². The second kappa shape index (κ2) is 5.31. The highest BCUT2D eigenvalue weighted by molar-refractivity contribution is 5.92. The lowest BCUT2D eigenvalue weighted by Crippen LogP contribution is -2.49. The molecule has 0 aromatic rings. The molecule has 6 atom stereocenters. The van der Waals surface area contributed by atoms with Crippen LogP contribution in [0.15, 0.2) is 23.8 Å². The third-order valence-corrected chi connectivity index (χ3v) is 8.13. The van der Waals surface area contributed by atoms with Crippen LogP contribution >= 0.6 is 0 Å². The number of ketones is 1. The van der Waals surface area contributed by atoms with Crippen LogP contribution in [0.25, 0.3) is 0 Å². The molecule has 0 heterocycles. The number of fused-ring (bicyclic) bond motifs is 5. The standard InChI is InChI=1S/C21H28O3/c1-20-9-7-15(22)11-13(20)3-5-16-17-6-4-14(12-19(23)24)21(17,2)10-8-18(16)20/h3,5,11,14,16-18H,4,6-10,12H2,1-2H3,(H,23,24)/t14-,16?,17?,18?,20+,21-/m1/s1. The zero-order valence-corrected chi connectivity index (χ0v) is 14.8. The van der Waals surface area contributed by atoms with E-state index in [1.54, 1.807) is 0 Å². The molecule has 3 heteroatoms. The highest BCUT2D eigenvalue weighted by Gasteiger charge is 2.57. The topological polar surface area (TPSA) is 54.4 Å². The molecule has 3 nitrogen and oxygen atoms in total. The zero-order chi connectivity index (χ0) is 17.1. The summed E-state index contributed by atoms with van der Waals surface area (Å²) in [6, 6.07) is 0. The van der Waals surface area contributed by atoms with Crippen LogP contribution in [0.5, 0.6) is 0 Å². The van der Waals surface area contributed by atoms with Gasteiger partial charge >= 0.3 is 5.97 Å². The Morgan fingerprint density at radius 2 is 2.00 bits per heavy atom. The Hall–Kier alpha value is -1.38. The Morgan fingerprint density at radius 3 is 2.75 bits per heavy atom. The second-order valence-electron chi connectivity index (χ2n) is 9.05. The van der Waals surface area contributed by atoms with Crippen LogP contribution in [0, 0.1) is 34.5 Å². The van der Waals surface area contributed by atoms with Crippen molar-refractivity contribution < 1.29 is 14.7 Å². The van der Waals surface area contributed by atoms with Crippen molar-refractivity contribution in [2.75, 3.05) is 0 Å². The molecule has 130 valence electrons. The summed E-state index contributed by atoms with van der Waals surface area (Å²) < 4.78 is 0. The van der Waals surface area contributed by atoms with Crippen molar-refractivity contribution in [2.24, 2.45) is 34.5 Å². The number of carboxylic acids is 1. The van der Waals surface area contributed by atoms with Gasteiger partial charge in [-0.3, -0.25) is 9.59 Å². The van der Waals surface area contributed by atoms with Crippen LogP contribution in [0.4, 0.5) is 0 Å². The van der Waals surface area contributed by atoms with Gasteiger partial charge < -0.3 is 5.11 Å². The Kier molecular flexibility index (Phi) is 3.56. The van der Waals surface area contributed by atoms with Crippen LogP contribution in [0.1, 0.15) is 58.8 Å². The molecule has 4 aliphatic carbocycles. The number of carbonyl (C=O) groups is 2. The van der Waals surface area contributed by atoms with E-state index in [0.29, 0.717) is 36.5 Å². The highest BCUT2D eigenvalue weighted by Crippen LogP contribution is 2.65. The first kappa shape index (κ1) is 16.1. The maximum atomic E-state index is 11.8. The van der Waals surface area contributed by atoms with Crippen LogP contribution < -0.4 is 0 Å². The van der Waals surface area contributed by atoms with Gasteiger partial charge in [0.1, 0.15) is 0 Å². The summed E-state index contributed by atoms with van der Waals surface area (Å²) in [5, 5.41) is 9.28. The van der Waals surface area contributed by atoms with Crippen LogP contribution in [0.2, 0.25) is 0 Å². The van der Waals surface area contributed by atoms with Gasteiger partial charge in [0.05, 0.1) is 0 Å².